The zero-order chi connectivity index (χ0) is 13.4. The van der Waals surface area contributed by atoms with Crippen LogP contribution in [0.5, 0.6) is 0 Å². The zero-order valence-corrected chi connectivity index (χ0v) is 11.5. The van der Waals surface area contributed by atoms with E-state index in [2.05, 4.69) is 9.71 Å². The molecule has 0 unspecified atom stereocenters. The molecule has 1 heterocycles. The average Bonchev–Trinajstić information content (AvgIpc) is 2.34. The van der Waals surface area contributed by atoms with Crippen molar-refractivity contribution < 1.29 is 13.5 Å². The Hall–Kier alpha value is -0.830. The van der Waals surface area contributed by atoms with Gasteiger partial charge >= 0.3 is 0 Å². The van der Waals surface area contributed by atoms with Crippen LogP contribution in [0.1, 0.15) is 6.42 Å². The Labute approximate surface area is 111 Å². The van der Waals surface area contributed by atoms with Crippen molar-refractivity contribution >= 4 is 27.6 Å². The molecule has 0 saturated heterocycles. The average molecular weight is 291 g/mol. The summed E-state index contributed by atoms with van der Waals surface area (Å²) in [6.07, 6.45) is 2.16. The van der Waals surface area contributed by atoms with E-state index in [1.807, 2.05) is 0 Å². The maximum absolute atomic E-state index is 11.9. The van der Waals surface area contributed by atoms with E-state index in [9.17, 15) is 8.42 Å². The van der Waals surface area contributed by atoms with Crippen molar-refractivity contribution in [1.82, 2.24) is 9.71 Å². The van der Waals surface area contributed by atoms with Gasteiger partial charge in [0.15, 0.2) is 0 Å². The van der Waals surface area contributed by atoms with Crippen LogP contribution in [0.4, 0.5) is 5.82 Å². The standard InChI is InChI=1S/C10H17N3O3S2/c11-10-9(3-1-4-12-10)18(15,16)13-5-8-17-7-2-6-14/h1,3-4,13-14H,2,5-8H2,(H2,11,12). The smallest absolute Gasteiger partial charge is 0.244 e. The lowest BCUT2D eigenvalue weighted by molar-refractivity contribution is 0.296. The van der Waals surface area contributed by atoms with Gasteiger partial charge < -0.3 is 10.8 Å². The van der Waals surface area contributed by atoms with Crippen LogP contribution in [-0.2, 0) is 10.0 Å². The van der Waals surface area contributed by atoms with Gasteiger partial charge in [-0.25, -0.2) is 18.1 Å². The van der Waals surface area contributed by atoms with Crippen molar-refractivity contribution in [1.29, 1.82) is 0 Å². The van der Waals surface area contributed by atoms with Crippen molar-refractivity contribution in [3.63, 3.8) is 0 Å². The van der Waals surface area contributed by atoms with E-state index in [0.29, 0.717) is 18.7 Å². The Morgan fingerprint density at radius 3 is 2.89 bits per heavy atom. The molecular formula is C10H17N3O3S2. The number of thioether (sulfide) groups is 1. The Morgan fingerprint density at radius 1 is 1.44 bits per heavy atom. The molecular weight excluding hydrogens is 274 g/mol. The van der Waals surface area contributed by atoms with Crippen molar-refractivity contribution in [2.75, 3.05) is 30.4 Å². The van der Waals surface area contributed by atoms with Gasteiger partial charge in [-0.05, 0) is 24.3 Å². The number of anilines is 1. The van der Waals surface area contributed by atoms with Crippen molar-refractivity contribution in [3.8, 4) is 0 Å². The minimum Gasteiger partial charge on any atom is -0.396 e. The molecule has 18 heavy (non-hydrogen) atoms. The van der Waals surface area contributed by atoms with Crippen LogP contribution in [0, 0.1) is 0 Å². The molecule has 6 nitrogen and oxygen atoms in total. The molecule has 0 aliphatic carbocycles. The number of sulfonamides is 1. The molecule has 0 spiro atoms. The molecule has 0 bridgehead atoms. The van der Waals surface area contributed by atoms with Gasteiger partial charge in [0, 0.05) is 25.1 Å². The SMILES string of the molecule is Nc1ncccc1S(=O)(=O)NCCSCCCO. The minimum atomic E-state index is -3.58. The molecule has 0 amide bonds. The molecule has 4 N–H and O–H groups in total. The second-order valence-electron chi connectivity index (χ2n) is 3.47. The molecule has 0 aliphatic rings. The van der Waals surface area contributed by atoms with E-state index in [1.54, 1.807) is 11.8 Å². The fourth-order valence-electron chi connectivity index (χ4n) is 1.22. The van der Waals surface area contributed by atoms with Gasteiger partial charge in [0.2, 0.25) is 10.0 Å². The van der Waals surface area contributed by atoms with Crippen molar-refractivity contribution in [3.05, 3.63) is 18.3 Å². The van der Waals surface area contributed by atoms with Gasteiger partial charge in [-0.2, -0.15) is 11.8 Å². The number of nitrogens with zero attached hydrogens (tertiary/aromatic N) is 1. The number of aromatic nitrogens is 1. The second-order valence-corrected chi connectivity index (χ2v) is 6.43. The molecule has 0 fully saturated rings. The summed E-state index contributed by atoms with van der Waals surface area (Å²) >= 11 is 1.58. The maximum Gasteiger partial charge on any atom is 0.244 e. The van der Waals surface area contributed by atoms with Gasteiger partial charge in [0.05, 0.1) is 0 Å². The molecule has 0 aliphatic heterocycles. The first-order valence-corrected chi connectivity index (χ1v) is 8.10. The first kappa shape index (κ1) is 15.2. The summed E-state index contributed by atoms with van der Waals surface area (Å²) in [5, 5.41) is 8.59. The second kappa shape index (κ2) is 7.57. The molecule has 0 atom stereocenters. The fourth-order valence-corrected chi connectivity index (χ4v) is 3.25. The van der Waals surface area contributed by atoms with Crippen LogP contribution in [0.3, 0.4) is 0 Å². The summed E-state index contributed by atoms with van der Waals surface area (Å²) in [6.45, 7) is 0.484. The highest BCUT2D eigenvalue weighted by Gasteiger charge is 2.16. The number of nitrogens with two attached hydrogens (primary N) is 1. The Balaban J connectivity index is 2.44. The number of hydrogen-bond acceptors (Lipinski definition) is 6. The summed E-state index contributed by atoms with van der Waals surface area (Å²) in [5.41, 5.74) is 5.51. The Morgan fingerprint density at radius 2 is 2.22 bits per heavy atom. The number of nitrogens with one attached hydrogen (secondary N) is 1. The van der Waals surface area contributed by atoms with Crippen LogP contribution in [0.15, 0.2) is 23.2 Å². The summed E-state index contributed by atoms with van der Waals surface area (Å²) < 4.78 is 26.2. The minimum absolute atomic E-state index is 0.00191. The molecule has 1 aromatic heterocycles. The number of aliphatic hydroxyl groups is 1. The Kier molecular flexibility index (Phi) is 6.41. The summed E-state index contributed by atoms with van der Waals surface area (Å²) in [7, 11) is -3.58. The quantitative estimate of drug-likeness (QED) is 0.585. The molecule has 8 heteroatoms. The zero-order valence-electron chi connectivity index (χ0n) is 9.87. The van der Waals surface area contributed by atoms with E-state index in [0.717, 1.165) is 5.75 Å². The van der Waals surface area contributed by atoms with Gasteiger partial charge in [-0.3, -0.25) is 0 Å². The highest BCUT2D eigenvalue weighted by Crippen LogP contribution is 2.14. The largest absolute Gasteiger partial charge is 0.396 e. The van der Waals surface area contributed by atoms with E-state index < -0.39 is 10.0 Å². The van der Waals surface area contributed by atoms with Crippen LogP contribution in [0.2, 0.25) is 0 Å². The molecule has 1 rings (SSSR count). The van der Waals surface area contributed by atoms with Crippen LogP contribution in [-0.4, -0.2) is 43.2 Å². The molecule has 0 aromatic carbocycles. The number of hydrogen-bond donors (Lipinski definition) is 3. The molecule has 0 radical (unpaired) electrons. The third kappa shape index (κ3) is 4.81. The number of aliphatic hydroxyl groups excluding tert-OH is 1. The van der Waals surface area contributed by atoms with Gasteiger partial charge in [0.25, 0.3) is 0 Å². The van der Waals surface area contributed by atoms with Gasteiger partial charge in [-0.1, -0.05) is 0 Å². The number of rotatable bonds is 8. The van der Waals surface area contributed by atoms with Crippen molar-refractivity contribution in [2.45, 2.75) is 11.3 Å². The van der Waals surface area contributed by atoms with Crippen LogP contribution < -0.4 is 10.5 Å². The first-order valence-electron chi connectivity index (χ1n) is 5.46. The predicted octanol–water partition coefficient (Wildman–Crippen LogP) is 0.0577. The topological polar surface area (TPSA) is 105 Å². The third-order valence-electron chi connectivity index (χ3n) is 2.07. The summed E-state index contributed by atoms with van der Waals surface area (Å²) in [6, 6.07) is 2.95. The normalized spacial score (nSPS) is 11.6. The lowest BCUT2D eigenvalue weighted by Crippen LogP contribution is -2.27. The van der Waals surface area contributed by atoms with E-state index in [4.69, 9.17) is 10.8 Å². The fraction of sp³-hybridized carbons (Fsp3) is 0.500. The summed E-state index contributed by atoms with van der Waals surface area (Å²) in [5.74, 6) is 1.46. The lowest BCUT2D eigenvalue weighted by atomic mass is 10.5. The molecule has 0 saturated carbocycles. The van der Waals surface area contributed by atoms with Crippen molar-refractivity contribution in [2.24, 2.45) is 0 Å². The van der Waals surface area contributed by atoms with Crippen LogP contribution >= 0.6 is 11.8 Å². The lowest BCUT2D eigenvalue weighted by Gasteiger charge is -2.07. The molecule has 1 aromatic rings. The third-order valence-corrected chi connectivity index (χ3v) is 4.65. The molecule has 102 valence electrons. The maximum atomic E-state index is 11.9. The van der Waals surface area contributed by atoms with E-state index in [-0.39, 0.29) is 17.3 Å². The Bertz CT molecular complexity index is 465. The van der Waals surface area contributed by atoms with Crippen LogP contribution in [0.25, 0.3) is 0 Å². The monoisotopic (exact) mass is 291 g/mol. The predicted molar refractivity (Wildman–Crippen MR) is 72.9 cm³/mol. The first-order chi connectivity index (χ1) is 8.58. The highest BCUT2D eigenvalue weighted by atomic mass is 32.2. The number of nitrogen functional groups attached to an aromatic ring is 1. The number of pyridine rings is 1. The van der Waals surface area contributed by atoms with Gasteiger partial charge in [-0.15, -0.1) is 0 Å². The summed E-state index contributed by atoms with van der Waals surface area (Å²) in [4.78, 5) is 3.74. The van der Waals surface area contributed by atoms with E-state index in [1.165, 1.54) is 18.3 Å². The van der Waals surface area contributed by atoms with Gasteiger partial charge in [0.1, 0.15) is 10.7 Å². The highest BCUT2D eigenvalue weighted by molar-refractivity contribution is 7.99. The van der Waals surface area contributed by atoms with E-state index >= 15 is 0 Å².